The zero-order valence-electron chi connectivity index (χ0n) is 11.7. The van der Waals surface area contributed by atoms with Crippen molar-refractivity contribution in [2.45, 2.75) is 12.8 Å². The molecule has 20 heavy (non-hydrogen) atoms. The monoisotopic (exact) mass is 265 g/mol. The molecule has 1 heterocycles. The molecule has 0 fully saturated rings. The van der Waals surface area contributed by atoms with Gasteiger partial charge in [0.25, 0.3) is 0 Å². The standard InChI is InChI=1S/C17H19N3/c1-3-10-19-17(18)20-11-12(2)16-14-7-5-4-6-13(14)8-9-15(16)20/h3-9,12H,1,10-11H2,2H3,(H2,18,19). The van der Waals surface area contributed by atoms with Crippen LogP contribution in [0.5, 0.6) is 0 Å². The van der Waals surface area contributed by atoms with Crippen LogP contribution in [0.3, 0.4) is 0 Å². The van der Waals surface area contributed by atoms with E-state index in [1.165, 1.54) is 16.3 Å². The van der Waals surface area contributed by atoms with Crippen molar-refractivity contribution in [3.8, 4) is 0 Å². The predicted molar refractivity (Wildman–Crippen MR) is 85.6 cm³/mol. The lowest BCUT2D eigenvalue weighted by Crippen LogP contribution is -2.39. The van der Waals surface area contributed by atoms with Gasteiger partial charge in [-0.25, -0.2) is 0 Å². The van der Waals surface area contributed by atoms with Crippen LogP contribution in [0.4, 0.5) is 5.69 Å². The minimum Gasteiger partial charge on any atom is -0.353 e. The summed E-state index contributed by atoms with van der Waals surface area (Å²) < 4.78 is 0. The molecule has 0 bridgehead atoms. The third-order valence-electron chi connectivity index (χ3n) is 3.87. The van der Waals surface area contributed by atoms with Gasteiger partial charge in [0, 0.05) is 24.7 Å². The zero-order chi connectivity index (χ0) is 14.1. The summed E-state index contributed by atoms with van der Waals surface area (Å²) in [4.78, 5) is 2.05. The van der Waals surface area contributed by atoms with Gasteiger partial charge in [-0.1, -0.05) is 43.3 Å². The molecule has 1 unspecified atom stereocenters. The first kappa shape index (κ1) is 12.7. The molecule has 102 valence electrons. The fourth-order valence-corrected chi connectivity index (χ4v) is 2.98. The highest BCUT2D eigenvalue weighted by Gasteiger charge is 2.29. The van der Waals surface area contributed by atoms with Crippen molar-refractivity contribution in [1.29, 1.82) is 5.41 Å². The second-order valence-electron chi connectivity index (χ2n) is 5.25. The number of benzene rings is 2. The Kier molecular flexibility index (Phi) is 3.18. The van der Waals surface area contributed by atoms with Crippen molar-refractivity contribution in [3.63, 3.8) is 0 Å². The van der Waals surface area contributed by atoms with Gasteiger partial charge < -0.3 is 10.2 Å². The van der Waals surface area contributed by atoms with Crippen LogP contribution in [-0.2, 0) is 0 Å². The number of nitrogens with one attached hydrogen (secondary N) is 2. The van der Waals surface area contributed by atoms with E-state index in [4.69, 9.17) is 5.41 Å². The van der Waals surface area contributed by atoms with Gasteiger partial charge in [0.1, 0.15) is 0 Å². The third-order valence-corrected chi connectivity index (χ3v) is 3.87. The summed E-state index contributed by atoms with van der Waals surface area (Å²) in [6, 6.07) is 12.7. The van der Waals surface area contributed by atoms with Crippen molar-refractivity contribution in [1.82, 2.24) is 5.32 Å². The largest absolute Gasteiger partial charge is 0.353 e. The van der Waals surface area contributed by atoms with Crippen LogP contribution in [0.2, 0.25) is 0 Å². The maximum absolute atomic E-state index is 8.19. The molecule has 0 aromatic heterocycles. The highest BCUT2D eigenvalue weighted by atomic mass is 15.3. The second-order valence-corrected chi connectivity index (χ2v) is 5.25. The molecule has 0 aliphatic carbocycles. The van der Waals surface area contributed by atoms with Gasteiger partial charge in [-0.2, -0.15) is 0 Å². The molecule has 2 aromatic rings. The van der Waals surface area contributed by atoms with Crippen LogP contribution in [0.15, 0.2) is 49.1 Å². The predicted octanol–water partition coefficient (Wildman–Crippen LogP) is 3.47. The normalized spacial score (nSPS) is 17.1. The quantitative estimate of drug-likeness (QED) is 0.496. The average Bonchev–Trinajstić information content (AvgIpc) is 2.82. The van der Waals surface area contributed by atoms with Gasteiger partial charge in [-0.3, -0.25) is 5.41 Å². The molecule has 2 N–H and O–H groups in total. The Balaban J connectivity index is 2.05. The molecule has 0 spiro atoms. The fraction of sp³-hybridized carbons (Fsp3) is 0.235. The van der Waals surface area contributed by atoms with E-state index < -0.39 is 0 Å². The van der Waals surface area contributed by atoms with Crippen molar-refractivity contribution in [2.75, 3.05) is 18.0 Å². The summed E-state index contributed by atoms with van der Waals surface area (Å²) >= 11 is 0. The SMILES string of the molecule is C=CCNC(=N)N1CC(C)c2c1ccc1ccccc21. The topological polar surface area (TPSA) is 39.1 Å². The molecule has 1 aliphatic heterocycles. The maximum Gasteiger partial charge on any atom is 0.195 e. The Morgan fingerprint density at radius 1 is 1.40 bits per heavy atom. The van der Waals surface area contributed by atoms with E-state index in [1.54, 1.807) is 6.08 Å². The van der Waals surface area contributed by atoms with Crippen LogP contribution in [0.1, 0.15) is 18.4 Å². The first-order chi connectivity index (χ1) is 9.72. The van der Waals surface area contributed by atoms with E-state index in [9.17, 15) is 0 Å². The molecule has 0 saturated carbocycles. The molecular formula is C17H19N3. The highest BCUT2D eigenvalue weighted by molar-refractivity contribution is 6.01. The average molecular weight is 265 g/mol. The van der Waals surface area contributed by atoms with Crippen LogP contribution in [-0.4, -0.2) is 19.0 Å². The first-order valence-corrected chi connectivity index (χ1v) is 6.95. The minimum atomic E-state index is 0.432. The van der Waals surface area contributed by atoms with Gasteiger partial charge >= 0.3 is 0 Å². The Morgan fingerprint density at radius 2 is 2.20 bits per heavy atom. The first-order valence-electron chi connectivity index (χ1n) is 6.95. The number of hydrogen-bond donors (Lipinski definition) is 2. The van der Waals surface area contributed by atoms with Gasteiger partial charge in [-0.05, 0) is 22.4 Å². The number of anilines is 1. The molecule has 3 heteroatoms. The Hall–Kier alpha value is -2.29. The highest BCUT2D eigenvalue weighted by Crippen LogP contribution is 2.40. The molecule has 3 nitrogen and oxygen atoms in total. The number of rotatable bonds is 2. The van der Waals surface area contributed by atoms with E-state index in [0.717, 1.165) is 12.2 Å². The van der Waals surface area contributed by atoms with E-state index >= 15 is 0 Å². The van der Waals surface area contributed by atoms with Crippen LogP contribution in [0.25, 0.3) is 10.8 Å². The maximum atomic E-state index is 8.19. The molecule has 1 atom stereocenters. The van der Waals surface area contributed by atoms with Crippen molar-refractivity contribution in [3.05, 3.63) is 54.6 Å². The summed E-state index contributed by atoms with van der Waals surface area (Å²) in [5.74, 6) is 0.882. The van der Waals surface area contributed by atoms with Crippen molar-refractivity contribution >= 4 is 22.4 Å². The zero-order valence-corrected chi connectivity index (χ0v) is 11.7. The van der Waals surface area contributed by atoms with Crippen molar-refractivity contribution in [2.24, 2.45) is 0 Å². The molecule has 0 saturated heterocycles. The molecule has 1 aliphatic rings. The van der Waals surface area contributed by atoms with Gasteiger partial charge in [0.05, 0.1) is 0 Å². The van der Waals surface area contributed by atoms with Crippen molar-refractivity contribution < 1.29 is 0 Å². The van der Waals surface area contributed by atoms with Gasteiger partial charge in [-0.15, -0.1) is 6.58 Å². The van der Waals surface area contributed by atoms with E-state index in [0.29, 0.717) is 18.4 Å². The fourth-order valence-electron chi connectivity index (χ4n) is 2.98. The molecule has 0 amide bonds. The molecule has 3 rings (SSSR count). The summed E-state index contributed by atoms with van der Waals surface area (Å²) in [6.07, 6.45) is 1.77. The Labute approximate surface area is 119 Å². The lowest BCUT2D eigenvalue weighted by molar-refractivity contribution is 0.810. The summed E-state index contributed by atoms with van der Waals surface area (Å²) in [7, 11) is 0. The number of hydrogen-bond acceptors (Lipinski definition) is 1. The van der Waals surface area contributed by atoms with E-state index in [-0.39, 0.29) is 0 Å². The number of guanidine groups is 1. The smallest absolute Gasteiger partial charge is 0.195 e. The molecule has 2 aromatic carbocycles. The van der Waals surface area contributed by atoms with E-state index in [1.807, 2.05) is 0 Å². The van der Waals surface area contributed by atoms with Gasteiger partial charge in [0.15, 0.2) is 5.96 Å². The second kappa shape index (κ2) is 5.00. The van der Waals surface area contributed by atoms with Crippen LogP contribution in [0, 0.1) is 5.41 Å². The number of fused-ring (bicyclic) bond motifs is 3. The Bertz CT molecular complexity index is 675. The van der Waals surface area contributed by atoms with Gasteiger partial charge in [0.2, 0.25) is 0 Å². The van der Waals surface area contributed by atoms with Crippen LogP contribution < -0.4 is 10.2 Å². The van der Waals surface area contributed by atoms with Crippen LogP contribution >= 0.6 is 0 Å². The Morgan fingerprint density at radius 3 is 3.00 bits per heavy atom. The lowest BCUT2D eigenvalue weighted by Gasteiger charge is -2.21. The minimum absolute atomic E-state index is 0.432. The summed E-state index contributed by atoms with van der Waals surface area (Å²) in [6.45, 7) is 7.38. The molecular weight excluding hydrogens is 246 g/mol. The number of nitrogens with zero attached hydrogens (tertiary/aromatic N) is 1. The van der Waals surface area contributed by atoms with E-state index in [2.05, 4.69) is 60.1 Å². The summed E-state index contributed by atoms with van der Waals surface area (Å²) in [5.41, 5.74) is 2.51. The summed E-state index contributed by atoms with van der Waals surface area (Å²) in [5, 5.41) is 13.8. The molecule has 0 radical (unpaired) electrons. The lowest BCUT2D eigenvalue weighted by atomic mass is 9.96. The third kappa shape index (κ3) is 1.95.